The summed E-state index contributed by atoms with van der Waals surface area (Å²) in [5, 5.41) is 6.09. The van der Waals surface area contributed by atoms with E-state index in [2.05, 4.69) is 10.1 Å². The summed E-state index contributed by atoms with van der Waals surface area (Å²) in [5.41, 5.74) is 2.45. The summed E-state index contributed by atoms with van der Waals surface area (Å²) in [5.74, 6) is -0.177. The van der Waals surface area contributed by atoms with Crippen LogP contribution in [0, 0.1) is 13.8 Å². The van der Waals surface area contributed by atoms with E-state index < -0.39 is 0 Å². The SMILES string of the molecule is CC1=NN(CC(=O)c2c(C)[nH]c(C)cc2=O)C(C)C1. The van der Waals surface area contributed by atoms with Crippen molar-refractivity contribution in [2.24, 2.45) is 5.10 Å². The Hall–Kier alpha value is -1.91. The van der Waals surface area contributed by atoms with Crippen LogP contribution in [0.15, 0.2) is 16.0 Å². The number of carbonyl (C=O) groups excluding carboxylic acids is 1. The Morgan fingerprint density at radius 2 is 2.16 bits per heavy atom. The monoisotopic (exact) mass is 261 g/mol. The van der Waals surface area contributed by atoms with E-state index in [-0.39, 0.29) is 29.4 Å². The zero-order valence-corrected chi connectivity index (χ0v) is 11.8. The summed E-state index contributed by atoms with van der Waals surface area (Å²) in [6, 6.07) is 1.68. The Bertz CT molecular complexity index is 601. The van der Waals surface area contributed by atoms with Gasteiger partial charge < -0.3 is 4.98 Å². The summed E-state index contributed by atoms with van der Waals surface area (Å²) in [6.07, 6.45) is 0.872. The van der Waals surface area contributed by atoms with Crippen molar-refractivity contribution >= 4 is 11.5 Å². The van der Waals surface area contributed by atoms with Crippen LogP contribution in [0.5, 0.6) is 0 Å². The molecule has 102 valence electrons. The third-order valence-electron chi connectivity index (χ3n) is 3.34. The number of hydrazone groups is 1. The third-order valence-corrected chi connectivity index (χ3v) is 3.34. The zero-order chi connectivity index (χ0) is 14.2. The van der Waals surface area contributed by atoms with E-state index in [9.17, 15) is 9.59 Å². The van der Waals surface area contributed by atoms with Gasteiger partial charge in [-0.05, 0) is 27.7 Å². The van der Waals surface area contributed by atoms with Gasteiger partial charge in [0.2, 0.25) is 0 Å². The molecule has 0 aliphatic carbocycles. The molecule has 0 aromatic carbocycles. The van der Waals surface area contributed by atoms with Crippen molar-refractivity contribution in [1.82, 2.24) is 9.99 Å². The lowest BCUT2D eigenvalue weighted by molar-refractivity contribution is 0.0914. The normalized spacial score (nSPS) is 18.6. The highest BCUT2D eigenvalue weighted by Crippen LogP contribution is 2.15. The topological polar surface area (TPSA) is 65.5 Å². The summed E-state index contributed by atoms with van der Waals surface area (Å²) in [7, 11) is 0. The second kappa shape index (κ2) is 4.99. The molecule has 0 spiro atoms. The lowest BCUT2D eigenvalue weighted by Gasteiger charge is -2.19. The standard InChI is InChI=1S/C14H19N3O2/c1-8-6-12(18)14(11(4)15-8)13(19)7-17-10(3)5-9(2)16-17/h6,10H,5,7H2,1-4H3,(H,15,18). The zero-order valence-electron chi connectivity index (χ0n) is 11.8. The van der Waals surface area contributed by atoms with Gasteiger partial charge >= 0.3 is 0 Å². The number of rotatable bonds is 3. The molecule has 1 aromatic heterocycles. The molecule has 0 amide bonds. The summed E-state index contributed by atoms with van der Waals surface area (Å²) >= 11 is 0. The second-order valence-electron chi connectivity index (χ2n) is 5.23. The Morgan fingerprint density at radius 1 is 1.47 bits per heavy atom. The molecule has 19 heavy (non-hydrogen) atoms. The molecule has 2 rings (SSSR count). The van der Waals surface area contributed by atoms with Crippen LogP contribution in [0.25, 0.3) is 0 Å². The number of hydrogen-bond acceptors (Lipinski definition) is 4. The van der Waals surface area contributed by atoms with Crippen molar-refractivity contribution in [2.45, 2.75) is 40.2 Å². The Labute approximate surface area is 112 Å². The molecule has 1 atom stereocenters. The van der Waals surface area contributed by atoms with Gasteiger partial charge in [0, 0.05) is 29.6 Å². The fraction of sp³-hybridized carbons (Fsp3) is 0.500. The quantitative estimate of drug-likeness (QED) is 0.841. The first-order chi connectivity index (χ1) is 8.88. The number of aromatic amines is 1. The molecule has 0 fully saturated rings. The number of carbonyl (C=O) groups is 1. The lowest BCUT2D eigenvalue weighted by atomic mass is 10.1. The number of nitrogens with one attached hydrogen (secondary N) is 1. The molecule has 0 bridgehead atoms. The van der Waals surface area contributed by atoms with Gasteiger partial charge in [-0.25, -0.2) is 0 Å². The maximum absolute atomic E-state index is 12.3. The summed E-state index contributed by atoms with van der Waals surface area (Å²) in [6.45, 7) is 7.69. The number of aryl methyl sites for hydroxylation is 2. The Morgan fingerprint density at radius 3 is 2.68 bits per heavy atom. The van der Waals surface area contributed by atoms with Crippen molar-refractivity contribution in [3.8, 4) is 0 Å². The van der Waals surface area contributed by atoms with Gasteiger partial charge in [0.1, 0.15) is 0 Å². The molecule has 0 saturated heterocycles. The first kappa shape index (κ1) is 13.5. The fourth-order valence-corrected chi connectivity index (χ4v) is 2.50. The summed E-state index contributed by atoms with van der Waals surface area (Å²) < 4.78 is 0. The summed E-state index contributed by atoms with van der Waals surface area (Å²) in [4.78, 5) is 27.2. The number of H-pyrrole nitrogens is 1. The predicted octanol–water partition coefficient (Wildman–Crippen LogP) is 1.64. The average molecular weight is 261 g/mol. The first-order valence-electron chi connectivity index (χ1n) is 6.43. The number of ketones is 1. The van der Waals surface area contributed by atoms with Crippen molar-refractivity contribution in [2.75, 3.05) is 6.54 Å². The van der Waals surface area contributed by atoms with E-state index in [0.717, 1.165) is 17.8 Å². The van der Waals surface area contributed by atoms with Crippen molar-refractivity contribution < 1.29 is 4.79 Å². The minimum Gasteiger partial charge on any atom is -0.362 e. The molecule has 2 heterocycles. The van der Waals surface area contributed by atoms with E-state index in [1.807, 2.05) is 13.8 Å². The number of pyridine rings is 1. The number of Topliss-reactive ketones (excluding diaryl/α,β-unsaturated/α-hetero) is 1. The lowest BCUT2D eigenvalue weighted by Crippen LogP contribution is -2.32. The number of aromatic nitrogens is 1. The van der Waals surface area contributed by atoms with Gasteiger partial charge in [-0.15, -0.1) is 0 Å². The minimum atomic E-state index is -0.216. The average Bonchev–Trinajstić information content (AvgIpc) is 2.55. The van der Waals surface area contributed by atoms with Gasteiger partial charge in [-0.3, -0.25) is 14.6 Å². The molecule has 1 aliphatic rings. The van der Waals surface area contributed by atoms with Crippen LogP contribution in [0.1, 0.15) is 42.0 Å². The predicted molar refractivity (Wildman–Crippen MR) is 74.8 cm³/mol. The van der Waals surface area contributed by atoms with Crippen LogP contribution in [-0.2, 0) is 0 Å². The van der Waals surface area contributed by atoms with Crippen molar-refractivity contribution in [3.63, 3.8) is 0 Å². The van der Waals surface area contributed by atoms with Crippen LogP contribution in [0.4, 0.5) is 0 Å². The highest BCUT2D eigenvalue weighted by molar-refractivity contribution is 5.98. The van der Waals surface area contributed by atoms with Crippen molar-refractivity contribution in [1.29, 1.82) is 0 Å². The van der Waals surface area contributed by atoms with Crippen LogP contribution < -0.4 is 5.43 Å². The van der Waals surface area contributed by atoms with Crippen LogP contribution >= 0.6 is 0 Å². The molecule has 5 heteroatoms. The van der Waals surface area contributed by atoms with Crippen LogP contribution in [0.2, 0.25) is 0 Å². The smallest absolute Gasteiger partial charge is 0.192 e. The Kier molecular flexibility index (Phi) is 3.55. The van der Waals surface area contributed by atoms with Gasteiger partial charge in [0.05, 0.1) is 18.2 Å². The third kappa shape index (κ3) is 2.75. The molecular weight excluding hydrogens is 242 g/mol. The molecule has 0 radical (unpaired) electrons. The highest BCUT2D eigenvalue weighted by atomic mass is 16.1. The van der Waals surface area contributed by atoms with E-state index >= 15 is 0 Å². The van der Waals surface area contributed by atoms with E-state index in [0.29, 0.717) is 5.69 Å². The largest absolute Gasteiger partial charge is 0.362 e. The van der Waals surface area contributed by atoms with E-state index in [1.54, 1.807) is 18.9 Å². The molecule has 5 nitrogen and oxygen atoms in total. The van der Waals surface area contributed by atoms with Gasteiger partial charge in [-0.2, -0.15) is 5.10 Å². The first-order valence-corrected chi connectivity index (χ1v) is 6.43. The molecule has 1 N–H and O–H groups in total. The van der Waals surface area contributed by atoms with Crippen LogP contribution in [-0.4, -0.2) is 34.1 Å². The fourth-order valence-electron chi connectivity index (χ4n) is 2.50. The molecule has 1 aliphatic heterocycles. The maximum atomic E-state index is 12.3. The maximum Gasteiger partial charge on any atom is 0.192 e. The molecule has 1 aromatic rings. The van der Waals surface area contributed by atoms with Crippen LogP contribution in [0.3, 0.4) is 0 Å². The second-order valence-corrected chi connectivity index (χ2v) is 5.23. The number of hydrogen-bond donors (Lipinski definition) is 1. The van der Waals surface area contributed by atoms with Crippen molar-refractivity contribution in [3.05, 3.63) is 33.2 Å². The van der Waals surface area contributed by atoms with E-state index in [4.69, 9.17) is 0 Å². The number of nitrogens with zero attached hydrogens (tertiary/aromatic N) is 2. The van der Waals surface area contributed by atoms with Gasteiger partial charge in [-0.1, -0.05) is 0 Å². The van der Waals surface area contributed by atoms with Gasteiger partial charge in [0.25, 0.3) is 0 Å². The van der Waals surface area contributed by atoms with E-state index in [1.165, 1.54) is 6.07 Å². The minimum absolute atomic E-state index is 0.158. The Balaban J connectivity index is 2.24. The molecular formula is C14H19N3O2. The highest BCUT2D eigenvalue weighted by Gasteiger charge is 2.24. The molecule has 0 saturated carbocycles. The molecule has 1 unspecified atom stereocenters. The van der Waals surface area contributed by atoms with Gasteiger partial charge in [0.15, 0.2) is 11.2 Å².